The van der Waals surface area contributed by atoms with Crippen molar-refractivity contribution < 1.29 is 14.3 Å². The highest BCUT2D eigenvalue weighted by Gasteiger charge is 2.46. The van der Waals surface area contributed by atoms with Gasteiger partial charge in [-0.2, -0.15) is 0 Å². The lowest BCUT2D eigenvalue weighted by atomic mass is 10.1. The number of morpholine rings is 1. The summed E-state index contributed by atoms with van der Waals surface area (Å²) < 4.78 is 10.6. The molecule has 3 saturated heterocycles. The molecule has 24 heavy (non-hydrogen) atoms. The van der Waals surface area contributed by atoms with Crippen LogP contribution >= 0.6 is 0 Å². The van der Waals surface area contributed by atoms with Gasteiger partial charge in [-0.05, 0) is 12.8 Å². The summed E-state index contributed by atoms with van der Waals surface area (Å²) in [5.41, 5.74) is 0. The highest BCUT2D eigenvalue weighted by atomic mass is 16.5. The van der Waals surface area contributed by atoms with Crippen LogP contribution in [0.5, 0.6) is 5.88 Å². The van der Waals surface area contributed by atoms with Crippen LogP contribution < -0.4 is 9.64 Å². The second-order valence-electron chi connectivity index (χ2n) is 6.40. The van der Waals surface area contributed by atoms with E-state index in [4.69, 9.17) is 9.47 Å². The molecule has 0 aromatic carbocycles. The summed E-state index contributed by atoms with van der Waals surface area (Å²) in [6, 6.07) is 2.62. The van der Waals surface area contributed by atoms with E-state index in [0.717, 1.165) is 31.7 Å². The highest BCUT2D eigenvalue weighted by Crippen LogP contribution is 2.35. The number of fused-ring (bicyclic) bond motifs is 1. The molecule has 4 rings (SSSR count). The number of ether oxygens (including phenoxy) is 2. The normalized spacial score (nSPS) is 26.6. The molecule has 2 atom stereocenters. The average molecular weight is 333 g/mol. The monoisotopic (exact) mass is 333 g/mol. The number of anilines is 1. The van der Waals surface area contributed by atoms with Crippen LogP contribution in [0.1, 0.15) is 12.8 Å². The number of aromatic nitrogens is 2. The molecule has 0 saturated carbocycles. The molecule has 3 aliphatic rings. The van der Waals surface area contributed by atoms with E-state index < -0.39 is 0 Å². The molecule has 0 aliphatic carbocycles. The third-order valence-electron chi connectivity index (χ3n) is 5.23. The standard InChI is InChI=1S/C16H23N5O3/c1-23-15-10-14(17-11-18-15)20-4-2-13-12(20)3-5-21(13)16(22)19-6-8-24-9-7-19/h10-13H,2-9H2,1H3/t12-,13+/m0/s1. The first kappa shape index (κ1) is 15.4. The van der Waals surface area contributed by atoms with E-state index in [0.29, 0.717) is 38.2 Å². The van der Waals surface area contributed by atoms with Crippen molar-refractivity contribution in [2.24, 2.45) is 0 Å². The van der Waals surface area contributed by atoms with Crippen molar-refractivity contribution in [3.05, 3.63) is 12.4 Å². The van der Waals surface area contributed by atoms with Gasteiger partial charge < -0.3 is 24.2 Å². The van der Waals surface area contributed by atoms with Crippen molar-refractivity contribution in [1.82, 2.24) is 19.8 Å². The average Bonchev–Trinajstić information content (AvgIpc) is 3.24. The van der Waals surface area contributed by atoms with Crippen molar-refractivity contribution >= 4 is 11.8 Å². The van der Waals surface area contributed by atoms with Gasteiger partial charge in [0.05, 0.1) is 32.4 Å². The highest BCUT2D eigenvalue weighted by molar-refractivity contribution is 5.76. The van der Waals surface area contributed by atoms with Crippen LogP contribution in [0.2, 0.25) is 0 Å². The molecular weight excluding hydrogens is 310 g/mol. The number of hydrogen-bond acceptors (Lipinski definition) is 6. The fourth-order valence-corrected chi connectivity index (χ4v) is 4.04. The fourth-order valence-electron chi connectivity index (χ4n) is 4.04. The van der Waals surface area contributed by atoms with Gasteiger partial charge >= 0.3 is 6.03 Å². The molecule has 130 valence electrons. The van der Waals surface area contributed by atoms with Gasteiger partial charge in [-0.3, -0.25) is 0 Å². The van der Waals surface area contributed by atoms with Crippen LogP contribution in [0.15, 0.2) is 12.4 Å². The van der Waals surface area contributed by atoms with Crippen LogP contribution in [-0.4, -0.2) is 84.4 Å². The van der Waals surface area contributed by atoms with Crippen molar-refractivity contribution in [2.45, 2.75) is 24.9 Å². The lowest BCUT2D eigenvalue weighted by Crippen LogP contribution is -2.50. The molecule has 4 heterocycles. The second-order valence-corrected chi connectivity index (χ2v) is 6.40. The van der Waals surface area contributed by atoms with Gasteiger partial charge in [-0.15, -0.1) is 0 Å². The summed E-state index contributed by atoms with van der Waals surface area (Å²) in [6.07, 6.45) is 3.49. The first-order valence-electron chi connectivity index (χ1n) is 8.54. The van der Waals surface area contributed by atoms with E-state index in [1.165, 1.54) is 6.33 Å². The molecule has 3 aliphatic heterocycles. The summed E-state index contributed by atoms with van der Waals surface area (Å²) in [4.78, 5) is 27.6. The molecule has 1 aromatic rings. The zero-order valence-corrected chi connectivity index (χ0v) is 13.9. The fraction of sp³-hybridized carbons (Fsp3) is 0.688. The Morgan fingerprint density at radius 3 is 2.75 bits per heavy atom. The predicted molar refractivity (Wildman–Crippen MR) is 87.2 cm³/mol. The molecular formula is C16H23N5O3. The number of amides is 2. The van der Waals surface area contributed by atoms with E-state index >= 15 is 0 Å². The minimum atomic E-state index is 0.160. The van der Waals surface area contributed by atoms with E-state index in [9.17, 15) is 4.79 Å². The lowest BCUT2D eigenvalue weighted by molar-refractivity contribution is 0.0423. The molecule has 0 bridgehead atoms. The maximum absolute atomic E-state index is 12.8. The molecule has 0 N–H and O–H groups in total. The van der Waals surface area contributed by atoms with Crippen molar-refractivity contribution in [2.75, 3.05) is 51.4 Å². The van der Waals surface area contributed by atoms with Crippen LogP contribution in [0.3, 0.4) is 0 Å². The van der Waals surface area contributed by atoms with E-state index in [2.05, 4.69) is 19.8 Å². The Labute approximate surface area is 141 Å². The number of rotatable bonds is 2. The number of methoxy groups -OCH3 is 1. The molecule has 0 spiro atoms. The number of urea groups is 1. The summed E-state index contributed by atoms with van der Waals surface area (Å²) in [5.74, 6) is 1.46. The molecule has 0 radical (unpaired) electrons. The predicted octanol–water partition coefficient (Wildman–Crippen LogP) is 0.590. The Morgan fingerprint density at radius 2 is 1.96 bits per heavy atom. The number of hydrogen-bond donors (Lipinski definition) is 0. The molecule has 8 heteroatoms. The van der Waals surface area contributed by atoms with E-state index in [1.54, 1.807) is 7.11 Å². The minimum absolute atomic E-state index is 0.160. The molecule has 8 nitrogen and oxygen atoms in total. The number of carbonyl (C=O) groups is 1. The smallest absolute Gasteiger partial charge is 0.320 e. The SMILES string of the molecule is COc1cc(N2CC[C@@H]3[C@@H]2CCN3C(=O)N2CCOCC2)ncn1. The Kier molecular flexibility index (Phi) is 4.13. The first-order chi connectivity index (χ1) is 11.8. The third-order valence-corrected chi connectivity index (χ3v) is 5.23. The van der Waals surface area contributed by atoms with Gasteiger partial charge in [0.1, 0.15) is 12.1 Å². The summed E-state index contributed by atoms with van der Waals surface area (Å²) >= 11 is 0. The van der Waals surface area contributed by atoms with E-state index in [-0.39, 0.29) is 12.1 Å². The zero-order chi connectivity index (χ0) is 16.5. The zero-order valence-electron chi connectivity index (χ0n) is 13.9. The lowest BCUT2D eigenvalue weighted by Gasteiger charge is -2.33. The third kappa shape index (κ3) is 2.64. The van der Waals surface area contributed by atoms with Crippen LogP contribution in [-0.2, 0) is 4.74 Å². The number of likely N-dealkylation sites (tertiary alicyclic amines) is 1. The van der Waals surface area contributed by atoms with Gasteiger partial charge in [0.15, 0.2) is 0 Å². The minimum Gasteiger partial charge on any atom is -0.481 e. The van der Waals surface area contributed by atoms with Crippen molar-refractivity contribution in [3.63, 3.8) is 0 Å². The Balaban J connectivity index is 1.47. The van der Waals surface area contributed by atoms with Gasteiger partial charge in [0.25, 0.3) is 0 Å². The Bertz CT molecular complexity index is 607. The van der Waals surface area contributed by atoms with Crippen molar-refractivity contribution in [3.8, 4) is 5.88 Å². The number of carbonyl (C=O) groups excluding carboxylic acids is 1. The molecule has 0 unspecified atom stereocenters. The maximum atomic E-state index is 12.8. The van der Waals surface area contributed by atoms with Gasteiger partial charge in [0, 0.05) is 32.2 Å². The largest absolute Gasteiger partial charge is 0.481 e. The summed E-state index contributed by atoms with van der Waals surface area (Å²) in [7, 11) is 1.61. The quantitative estimate of drug-likeness (QED) is 0.789. The topological polar surface area (TPSA) is 71.0 Å². The van der Waals surface area contributed by atoms with Gasteiger partial charge in [0.2, 0.25) is 5.88 Å². The van der Waals surface area contributed by atoms with Crippen LogP contribution in [0, 0.1) is 0 Å². The molecule has 1 aromatic heterocycles. The Hall–Kier alpha value is -2.09. The van der Waals surface area contributed by atoms with Gasteiger partial charge in [-0.1, -0.05) is 0 Å². The van der Waals surface area contributed by atoms with Gasteiger partial charge in [-0.25, -0.2) is 14.8 Å². The van der Waals surface area contributed by atoms with Crippen molar-refractivity contribution in [1.29, 1.82) is 0 Å². The van der Waals surface area contributed by atoms with Crippen LogP contribution in [0.25, 0.3) is 0 Å². The summed E-state index contributed by atoms with van der Waals surface area (Å²) in [5, 5.41) is 0. The van der Waals surface area contributed by atoms with E-state index in [1.807, 2.05) is 11.0 Å². The maximum Gasteiger partial charge on any atom is 0.320 e. The molecule has 2 amide bonds. The second kappa shape index (κ2) is 6.43. The number of nitrogens with zero attached hydrogens (tertiary/aromatic N) is 5. The Morgan fingerprint density at radius 1 is 1.17 bits per heavy atom. The molecule has 3 fully saturated rings. The first-order valence-corrected chi connectivity index (χ1v) is 8.54. The van der Waals surface area contributed by atoms with Crippen LogP contribution in [0.4, 0.5) is 10.6 Å². The summed E-state index contributed by atoms with van der Waals surface area (Å²) in [6.45, 7) is 4.38.